The molecule has 3 aromatic heterocycles. The smallest absolute Gasteiger partial charge is 0.241 e. The summed E-state index contributed by atoms with van der Waals surface area (Å²) in [5.41, 5.74) is 6.75. The molecule has 2 amide bonds. The van der Waals surface area contributed by atoms with Crippen LogP contribution in [0.25, 0.3) is 33.2 Å². The van der Waals surface area contributed by atoms with Crippen LogP contribution in [0.3, 0.4) is 0 Å². The molecule has 0 spiro atoms. The molecule has 1 aliphatic rings. The van der Waals surface area contributed by atoms with E-state index in [1.54, 1.807) is 0 Å². The van der Waals surface area contributed by atoms with Gasteiger partial charge in [-0.05, 0) is 54.0 Å². The van der Waals surface area contributed by atoms with E-state index in [1.165, 1.54) is 23.4 Å². The average Bonchev–Trinajstić information content (AvgIpc) is 3.46. The van der Waals surface area contributed by atoms with E-state index in [9.17, 15) is 9.59 Å². The number of nitrogens with one attached hydrogen (secondary N) is 3. The molecule has 5 rings (SSSR count). The number of likely N-dealkylation sites (tertiary alicyclic amines) is 1. The maximum atomic E-state index is 12.3. The molecule has 1 aromatic carbocycles. The van der Waals surface area contributed by atoms with Gasteiger partial charge in [-0.1, -0.05) is 19.9 Å². The van der Waals surface area contributed by atoms with Crippen LogP contribution in [-0.2, 0) is 9.59 Å². The van der Waals surface area contributed by atoms with Crippen molar-refractivity contribution in [2.24, 2.45) is 0 Å². The van der Waals surface area contributed by atoms with E-state index < -0.39 is 0 Å². The normalized spacial score (nSPS) is 14.9. The monoisotopic (exact) mass is 458 g/mol. The summed E-state index contributed by atoms with van der Waals surface area (Å²) >= 11 is 0. The van der Waals surface area contributed by atoms with Crippen molar-refractivity contribution in [3.05, 3.63) is 47.8 Å². The van der Waals surface area contributed by atoms with Crippen molar-refractivity contribution in [3.8, 4) is 11.3 Å². The van der Waals surface area contributed by atoms with Crippen LogP contribution in [0.4, 0.5) is 0 Å². The predicted molar refractivity (Wildman–Crippen MR) is 133 cm³/mol. The molecular weight excluding hydrogens is 428 g/mol. The number of aromatic nitrogens is 4. The van der Waals surface area contributed by atoms with Crippen LogP contribution in [0.15, 0.2) is 36.7 Å². The number of pyridine rings is 1. The van der Waals surface area contributed by atoms with Gasteiger partial charge in [0.05, 0.1) is 18.4 Å². The summed E-state index contributed by atoms with van der Waals surface area (Å²) in [4.78, 5) is 33.4. The molecular formula is C26H30N6O2. The fourth-order valence-corrected chi connectivity index (χ4v) is 5.14. The van der Waals surface area contributed by atoms with Crippen LogP contribution in [0.5, 0.6) is 0 Å². The van der Waals surface area contributed by atoms with E-state index >= 15 is 0 Å². The number of fused-ring (bicyclic) bond motifs is 2. The highest BCUT2D eigenvalue weighted by atomic mass is 16.2. The highest BCUT2D eigenvalue weighted by molar-refractivity contribution is 5.98. The maximum absolute atomic E-state index is 12.3. The third-order valence-electron chi connectivity index (χ3n) is 6.87. The first kappa shape index (κ1) is 22.1. The second-order valence-corrected chi connectivity index (χ2v) is 9.43. The van der Waals surface area contributed by atoms with Gasteiger partial charge >= 0.3 is 0 Å². The van der Waals surface area contributed by atoms with Crippen molar-refractivity contribution >= 4 is 33.8 Å². The Labute approximate surface area is 198 Å². The number of piperidine rings is 1. The van der Waals surface area contributed by atoms with Crippen molar-refractivity contribution in [2.75, 3.05) is 19.6 Å². The summed E-state index contributed by atoms with van der Waals surface area (Å²) in [5.74, 6) is 0.560. The number of rotatable bonds is 5. The highest BCUT2D eigenvalue weighted by Gasteiger charge is 2.25. The fraction of sp³-hybridized carbons (Fsp3) is 0.385. The van der Waals surface area contributed by atoms with E-state index in [2.05, 4.69) is 57.5 Å². The number of nitrogens with zero attached hydrogens (tertiary/aromatic N) is 3. The molecule has 1 aliphatic heterocycles. The molecule has 3 N–H and O–H groups in total. The quantitative estimate of drug-likeness (QED) is 0.419. The number of H-pyrrole nitrogens is 2. The van der Waals surface area contributed by atoms with E-state index in [0.717, 1.165) is 40.6 Å². The second-order valence-electron chi connectivity index (χ2n) is 9.43. The molecule has 0 unspecified atom stereocenters. The lowest BCUT2D eigenvalue weighted by Crippen LogP contribution is -2.43. The average molecular weight is 459 g/mol. The predicted octanol–water partition coefficient (Wildman–Crippen LogP) is 4.07. The number of hydrogen-bond acceptors (Lipinski definition) is 4. The van der Waals surface area contributed by atoms with Gasteiger partial charge < -0.3 is 15.2 Å². The van der Waals surface area contributed by atoms with Gasteiger partial charge in [-0.3, -0.25) is 14.7 Å². The second kappa shape index (κ2) is 8.93. The molecule has 0 atom stereocenters. The third kappa shape index (κ3) is 4.04. The molecule has 4 heterocycles. The molecule has 8 heteroatoms. The summed E-state index contributed by atoms with van der Waals surface area (Å²) in [6.45, 7) is 7.39. The van der Waals surface area contributed by atoms with Gasteiger partial charge in [-0.25, -0.2) is 4.98 Å². The van der Waals surface area contributed by atoms with Gasteiger partial charge in [0, 0.05) is 48.1 Å². The lowest BCUT2D eigenvalue weighted by Gasteiger charge is -2.32. The lowest BCUT2D eigenvalue weighted by molar-refractivity contribution is -0.133. The SMILES string of the molecule is CC(=O)NCC(=O)N1CCC(c2ccc3[nH]c(-c4ccnc5[nH]ncc45)c(C(C)C)c3c2)CC1. The molecule has 176 valence electrons. The van der Waals surface area contributed by atoms with Crippen LogP contribution >= 0.6 is 0 Å². The van der Waals surface area contributed by atoms with Gasteiger partial charge in [0.2, 0.25) is 11.8 Å². The standard InChI is InChI=1S/C26H30N6O2/c1-15(2)24-20-12-18(17-7-10-32(11-8-17)23(34)14-28-16(3)33)4-5-22(20)30-25(24)19-6-9-27-26-21(19)13-29-31-26/h4-6,9,12-13,15,17,30H,7-8,10-11,14H2,1-3H3,(H,28,33)(H,27,29,31). The number of carbonyl (C=O) groups is 2. The minimum atomic E-state index is -0.177. The van der Waals surface area contributed by atoms with Gasteiger partial charge in [0.25, 0.3) is 0 Å². The molecule has 0 bridgehead atoms. The fourth-order valence-electron chi connectivity index (χ4n) is 5.14. The van der Waals surface area contributed by atoms with Crippen LogP contribution < -0.4 is 5.32 Å². The molecule has 1 saturated heterocycles. The number of benzene rings is 1. The highest BCUT2D eigenvalue weighted by Crippen LogP contribution is 2.39. The Morgan fingerprint density at radius 3 is 2.71 bits per heavy atom. The lowest BCUT2D eigenvalue weighted by atomic mass is 9.87. The third-order valence-corrected chi connectivity index (χ3v) is 6.87. The summed E-state index contributed by atoms with van der Waals surface area (Å²) in [6, 6.07) is 8.77. The minimum Gasteiger partial charge on any atom is -0.354 e. The summed E-state index contributed by atoms with van der Waals surface area (Å²) < 4.78 is 0. The Hall–Kier alpha value is -3.68. The summed E-state index contributed by atoms with van der Waals surface area (Å²) in [5, 5.41) is 12.0. The van der Waals surface area contributed by atoms with Gasteiger partial charge in [-0.2, -0.15) is 5.10 Å². The summed E-state index contributed by atoms with van der Waals surface area (Å²) in [6.07, 6.45) is 5.49. The number of carbonyl (C=O) groups excluding carboxylic acids is 2. The largest absolute Gasteiger partial charge is 0.354 e. The van der Waals surface area contributed by atoms with Crippen molar-refractivity contribution in [1.29, 1.82) is 0 Å². The zero-order valence-electron chi connectivity index (χ0n) is 19.8. The number of hydrogen-bond donors (Lipinski definition) is 3. The van der Waals surface area contributed by atoms with Crippen LogP contribution in [-0.4, -0.2) is 56.5 Å². The molecule has 1 fully saturated rings. The van der Waals surface area contributed by atoms with Crippen LogP contribution in [0.1, 0.15) is 56.6 Å². The van der Waals surface area contributed by atoms with Gasteiger partial charge in [0.15, 0.2) is 5.65 Å². The van der Waals surface area contributed by atoms with Crippen molar-refractivity contribution < 1.29 is 9.59 Å². The maximum Gasteiger partial charge on any atom is 0.241 e. The molecule has 0 radical (unpaired) electrons. The number of amides is 2. The zero-order chi connectivity index (χ0) is 23.8. The van der Waals surface area contributed by atoms with Crippen LogP contribution in [0.2, 0.25) is 0 Å². The van der Waals surface area contributed by atoms with E-state index in [-0.39, 0.29) is 18.4 Å². The molecule has 0 aliphatic carbocycles. The molecule has 34 heavy (non-hydrogen) atoms. The Kier molecular flexibility index (Phi) is 5.81. The minimum absolute atomic E-state index is 0.00983. The summed E-state index contributed by atoms with van der Waals surface area (Å²) in [7, 11) is 0. The topological polar surface area (TPSA) is 107 Å². The first-order valence-corrected chi connectivity index (χ1v) is 11.9. The molecule has 0 saturated carbocycles. The Bertz CT molecular complexity index is 1360. The van der Waals surface area contributed by atoms with Crippen molar-refractivity contribution in [1.82, 2.24) is 30.4 Å². The van der Waals surface area contributed by atoms with E-state index in [1.807, 2.05) is 23.4 Å². The Morgan fingerprint density at radius 2 is 1.97 bits per heavy atom. The molecule has 8 nitrogen and oxygen atoms in total. The Balaban J connectivity index is 1.43. The van der Waals surface area contributed by atoms with Gasteiger partial charge in [0.1, 0.15) is 0 Å². The van der Waals surface area contributed by atoms with Crippen molar-refractivity contribution in [2.45, 2.75) is 45.4 Å². The van der Waals surface area contributed by atoms with Crippen molar-refractivity contribution in [3.63, 3.8) is 0 Å². The van der Waals surface area contributed by atoms with Gasteiger partial charge in [-0.15, -0.1) is 0 Å². The van der Waals surface area contributed by atoms with Crippen LogP contribution in [0, 0.1) is 0 Å². The first-order chi connectivity index (χ1) is 16.4. The molecule has 4 aromatic rings. The number of aromatic amines is 2. The van der Waals surface area contributed by atoms with E-state index in [4.69, 9.17) is 0 Å². The van der Waals surface area contributed by atoms with E-state index in [0.29, 0.717) is 24.9 Å². The zero-order valence-corrected chi connectivity index (χ0v) is 19.8. The first-order valence-electron chi connectivity index (χ1n) is 11.9. The Morgan fingerprint density at radius 1 is 1.18 bits per heavy atom.